The Morgan fingerprint density at radius 3 is 2.64 bits per heavy atom. The van der Waals surface area contributed by atoms with Crippen molar-refractivity contribution >= 4 is 23.1 Å². The fourth-order valence-corrected chi connectivity index (χ4v) is 3.30. The number of aromatic nitrogens is 7. The average Bonchev–Trinajstić information content (AvgIpc) is 3.38. The van der Waals surface area contributed by atoms with Crippen LogP contribution >= 0.6 is 11.6 Å². The van der Waals surface area contributed by atoms with Crippen molar-refractivity contribution in [1.82, 2.24) is 40.3 Å². The smallest absolute Gasteiger partial charge is 0.241 e. The summed E-state index contributed by atoms with van der Waals surface area (Å²) in [6, 6.07) is 11.2. The zero-order valence-electron chi connectivity index (χ0n) is 14.8. The Balaban J connectivity index is 1.21. The zero-order chi connectivity index (χ0) is 18.9. The fraction of sp³-hybridized carbons (Fsp3) is 0.294. The van der Waals surface area contributed by atoms with Gasteiger partial charge in [-0.25, -0.2) is 0 Å². The molecule has 0 saturated carbocycles. The number of rotatable bonds is 4. The minimum absolute atomic E-state index is 0.573. The molecule has 1 aliphatic rings. The van der Waals surface area contributed by atoms with E-state index in [-0.39, 0.29) is 0 Å². The first kappa shape index (κ1) is 17.0. The molecule has 0 spiro atoms. The fourth-order valence-electron chi connectivity index (χ4n) is 3.17. The first-order chi connectivity index (χ1) is 13.7. The summed E-state index contributed by atoms with van der Waals surface area (Å²) in [6.07, 6.45) is 0. The highest BCUT2D eigenvalue weighted by Gasteiger charge is 2.21. The Bertz CT molecular complexity index is 1090. The molecule has 1 aromatic carbocycles. The molecule has 0 aliphatic carbocycles. The number of benzene rings is 1. The molecule has 0 N–H and O–H groups in total. The molecule has 0 radical (unpaired) electrons. The van der Waals surface area contributed by atoms with Crippen LogP contribution in [0.4, 0.5) is 5.82 Å². The Labute approximate surface area is 164 Å². The third-order valence-electron chi connectivity index (χ3n) is 4.68. The van der Waals surface area contributed by atoms with Gasteiger partial charge in [0.05, 0.1) is 6.54 Å². The van der Waals surface area contributed by atoms with Crippen LogP contribution in [0.2, 0.25) is 5.02 Å². The van der Waals surface area contributed by atoms with Gasteiger partial charge in [-0.15, -0.1) is 14.8 Å². The van der Waals surface area contributed by atoms with E-state index in [1.165, 1.54) is 4.63 Å². The summed E-state index contributed by atoms with van der Waals surface area (Å²) in [5, 5.41) is 20.5. The van der Waals surface area contributed by atoms with Crippen molar-refractivity contribution in [3.63, 3.8) is 0 Å². The highest BCUT2D eigenvalue weighted by molar-refractivity contribution is 6.30. The van der Waals surface area contributed by atoms with Gasteiger partial charge in [-0.1, -0.05) is 16.8 Å². The monoisotopic (exact) mass is 397 g/mol. The lowest BCUT2D eigenvalue weighted by Crippen LogP contribution is -2.46. The van der Waals surface area contributed by atoms with Crippen molar-refractivity contribution in [2.75, 3.05) is 31.1 Å². The maximum absolute atomic E-state index is 5.92. The van der Waals surface area contributed by atoms with Crippen molar-refractivity contribution in [3.05, 3.63) is 47.3 Å². The van der Waals surface area contributed by atoms with Gasteiger partial charge in [0.2, 0.25) is 11.7 Å². The number of halogens is 1. The SMILES string of the molecule is Clc1ccc(-c2noc(CN3CCN(c4ccc5nnnn5n4)CC3)n2)cc1. The predicted octanol–water partition coefficient (Wildman–Crippen LogP) is 1.54. The standard InChI is InChI=1S/C17H16ClN9O/c18-13-3-1-12(2-4-13)17-19-16(28-22-17)11-25-7-9-26(10-8-25)15-6-5-14-20-23-24-27(14)21-15/h1-6H,7-11H2. The van der Waals surface area contributed by atoms with Crippen molar-refractivity contribution in [2.24, 2.45) is 0 Å². The maximum Gasteiger partial charge on any atom is 0.241 e. The number of hydrogen-bond donors (Lipinski definition) is 0. The van der Waals surface area contributed by atoms with Gasteiger partial charge < -0.3 is 9.42 Å². The second-order valence-electron chi connectivity index (χ2n) is 6.50. The van der Waals surface area contributed by atoms with Crippen LogP contribution in [-0.2, 0) is 6.54 Å². The van der Waals surface area contributed by atoms with E-state index in [0.717, 1.165) is 37.6 Å². The summed E-state index contributed by atoms with van der Waals surface area (Å²) in [5.74, 6) is 2.04. The molecule has 0 atom stereocenters. The topological polar surface area (TPSA) is 101 Å². The summed E-state index contributed by atoms with van der Waals surface area (Å²) >= 11 is 5.92. The van der Waals surface area contributed by atoms with Crippen LogP contribution in [0.1, 0.15) is 5.89 Å². The summed E-state index contributed by atoms with van der Waals surface area (Å²) in [6.45, 7) is 4.05. The summed E-state index contributed by atoms with van der Waals surface area (Å²) < 4.78 is 6.86. The Morgan fingerprint density at radius 1 is 1.00 bits per heavy atom. The van der Waals surface area contributed by atoms with Crippen LogP contribution in [0.5, 0.6) is 0 Å². The van der Waals surface area contributed by atoms with Gasteiger partial charge in [0.15, 0.2) is 11.5 Å². The molecular formula is C17H16ClN9O. The molecule has 28 heavy (non-hydrogen) atoms. The molecule has 10 nitrogen and oxygen atoms in total. The van der Waals surface area contributed by atoms with Gasteiger partial charge in [-0.05, 0) is 46.8 Å². The van der Waals surface area contributed by atoms with Crippen LogP contribution < -0.4 is 4.90 Å². The van der Waals surface area contributed by atoms with Crippen molar-refractivity contribution < 1.29 is 4.52 Å². The van der Waals surface area contributed by atoms with Gasteiger partial charge >= 0.3 is 0 Å². The van der Waals surface area contributed by atoms with Gasteiger partial charge in [-0.3, -0.25) is 4.90 Å². The van der Waals surface area contributed by atoms with E-state index in [9.17, 15) is 0 Å². The molecule has 1 fully saturated rings. The molecule has 5 rings (SSSR count). The number of fused-ring (bicyclic) bond motifs is 1. The second kappa shape index (κ2) is 7.13. The molecule has 3 aromatic heterocycles. The largest absolute Gasteiger partial charge is 0.353 e. The normalized spacial score (nSPS) is 15.4. The van der Waals surface area contributed by atoms with E-state index in [0.29, 0.717) is 28.9 Å². The van der Waals surface area contributed by atoms with Gasteiger partial charge in [-0.2, -0.15) is 4.98 Å². The molecule has 1 saturated heterocycles. The van der Waals surface area contributed by atoms with Crippen molar-refractivity contribution in [3.8, 4) is 11.4 Å². The first-order valence-corrected chi connectivity index (χ1v) is 9.24. The molecule has 0 bridgehead atoms. The zero-order valence-corrected chi connectivity index (χ0v) is 15.6. The number of piperazine rings is 1. The second-order valence-corrected chi connectivity index (χ2v) is 6.94. The minimum atomic E-state index is 0.573. The van der Waals surface area contributed by atoms with E-state index in [4.69, 9.17) is 16.1 Å². The molecular weight excluding hydrogens is 382 g/mol. The summed E-state index contributed by atoms with van der Waals surface area (Å²) in [5.41, 5.74) is 1.52. The lowest BCUT2D eigenvalue weighted by atomic mass is 10.2. The maximum atomic E-state index is 5.92. The van der Waals surface area contributed by atoms with Gasteiger partial charge in [0.25, 0.3) is 0 Å². The molecule has 1 aliphatic heterocycles. The molecule has 4 heterocycles. The lowest BCUT2D eigenvalue weighted by Gasteiger charge is -2.34. The number of nitrogens with zero attached hydrogens (tertiary/aromatic N) is 9. The number of tetrazole rings is 1. The van der Waals surface area contributed by atoms with E-state index >= 15 is 0 Å². The summed E-state index contributed by atoms with van der Waals surface area (Å²) in [4.78, 5) is 8.99. The quantitative estimate of drug-likeness (QED) is 0.507. The van der Waals surface area contributed by atoms with Crippen LogP contribution in [0.25, 0.3) is 17.0 Å². The summed E-state index contributed by atoms with van der Waals surface area (Å²) in [7, 11) is 0. The van der Waals surface area contributed by atoms with E-state index < -0.39 is 0 Å². The van der Waals surface area contributed by atoms with Crippen LogP contribution in [0.3, 0.4) is 0 Å². The van der Waals surface area contributed by atoms with Crippen LogP contribution in [-0.4, -0.2) is 66.5 Å². The Hall–Kier alpha value is -3.11. The number of anilines is 1. The number of hydrogen-bond acceptors (Lipinski definition) is 9. The van der Waals surface area contributed by atoms with Gasteiger partial charge in [0, 0.05) is 36.8 Å². The third kappa shape index (κ3) is 3.39. The predicted molar refractivity (Wildman–Crippen MR) is 101 cm³/mol. The van der Waals surface area contributed by atoms with E-state index in [2.05, 4.69) is 40.6 Å². The van der Waals surface area contributed by atoms with Crippen molar-refractivity contribution in [2.45, 2.75) is 6.54 Å². The average molecular weight is 398 g/mol. The Morgan fingerprint density at radius 2 is 1.82 bits per heavy atom. The highest BCUT2D eigenvalue weighted by Crippen LogP contribution is 2.20. The molecule has 0 amide bonds. The first-order valence-electron chi connectivity index (χ1n) is 8.86. The van der Waals surface area contributed by atoms with Crippen molar-refractivity contribution in [1.29, 1.82) is 0 Å². The van der Waals surface area contributed by atoms with Crippen LogP contribution in [0, 0.1) is 0 Å². The molecule has 0 unspecified atom stereocenters. The molecule has 142 valence electrons. The lowest BCUT2D eigenvalue weighted by molar-refractivity contribution is 0.215. The molecule has 4 aromatic rings. The van der Waals surface area contributed by atoms with Gasteiger partial charge in [0.1, 0.15) is 0 Å². The molecule has 11 heteroatoms. The van der Waals surface area contributed by atoms with E-state index in [1.54, 1.807) is 0 Å². The van der Waals surface area contributed by atoms with Crippen LogP contribution in [0.15, 0.2) is 40.9 Å². The third-order valence-corrected chi connectivity index (χ3v) is 4.93. The highest BCUT2D eigenvalue weighted by atomic mass is 35.5. The Kier molecular flexibility index (Phi) is 4.34. The van der Waals surface area contributed by atoms with E-state index in [1.807, 2.05) is 36.4 Å². The minimum Gasteiger partial charge on any atom is -0.353 e.